The van der Waals surface area contributed by atoms with Gasteiger partial charge in [0.15, 0.2) is 0 Å². The molecule has 0 fully saturated rings. The van der Waals surface area contributed by atoms with Gasteiger partial charge in [0.2, 0.25) is 0 Å². The molecular weight excluding hydrogens is 362 g/mol. The first-order valence-electron chi connectivity index (χ1n) is 9.49. The van der Waals surface area contributed by atoms with Crippen molar-refractivity contribution in [1.29, 1.82) is 0 Å². The molecule has 2 atom stereocenters. The lowest BCUT2D eigenvalue weighted by Gasteiger charge is -2.44. The average Bonchev–Trinajstić information content (AvgIpc) is 2.63. The van der Waals surface area contributed by atoms with Crippen LogP contribution >= 0.6 is 11.6 Å². The highest BCUT2D eigenvalue weighted by molar-refractivity contribution is 6.31. The quantitative estimate of drug-likeness (QED) is 0.668. The molecular formula is C22H28ClNO3. The van der Waals surface area contributed by atoms with Gasteiger partial charge in [-0.25, -0.2) is 0 Å². The largest absolute Gasteiger partial charge is 0.485 e. The minimum absolute atomic E-state index is 0.213. The predicted octanol–water partition coefficient (Wildman–Crippen LogP) is 5.61. The third-order valence-electron chi connectivity index (χ3n) is 4.75. The van der Waals surface area contributed by atoms with Crippen molar-refractivity contribution < 1.29 is 14.2 Å². The van der Waals surface area contributed by atoms with Crippen LogP contribution < -0.4 is 10.1 Å². The van der Waals surface area contributed by atoms with Crippen LogP contribution in [-0.4, -0.2) is 24.9 Å². The Morgan fingerprint density at radius 3 is 2.59 bits per heavy atom. The first-order valence-corrected chi connectivity index (χ1v) is 9.87. The molecule has 2 unspecified atom stereocenters. The SMILES string of the molecule is CCNc1ccc2c(c1)C(OCC)C(OCc1ccccc1Cl)C(C)(C)O2. The smallest absolute Gasteiger partial charge is 0.132 e. The number of fused-ring (bicyclic) bond motifs is 1. The van der Waals surface area contributed by atoms with Crippen LogP contribution in [0.3, 0.4) is 0 Å². The van der Waals surface area contributed by atoms with Crippen LogP contribution in [0, 0.1) is 0 Å². The molecule has 0 amide bonds. The van der Waals surface area contributed by atoms with E-state index in [2.05, 4.69) is 18.3 Å². The molecule has 27 heavy (non-hydrogen) atoms. The highest BCUT2D eigenvalue weighted by Crippen LogP contribution is 2.44. The second-order valence-electron chi connectivity index (χ2n) is 7.19. The molecule has 5 heteroatoms. The summed E-state index contributed by atoms with van der Waals surface area (Å²) in [7, 11) is 0. The summed E-state index contributed by atoms with van der Waals surface area (Å²) in [4.78, 5) is 0. The maximum Gasteiger partial charge on any atom is 0.132 e. The Hall–Kier alpha value is -1.75. The van der Waals surface area contributed by atoms with Gasteiger partial charge in [-0.05, 0) is 57.5 Å². The number of hydrogen-bond acceptors (Lipinski definition) is 4. The zero-order chi connectivity index (χ0) is 19.4. The Labute approximate surface area is 166 Å². The monoisotopic (exact) mass is 389 g/mol. The summed E-state index contributed by atoms with van der Waals surface area (Å²) in [6.45, 7) is 10.0. The Kier molecular flexibility index (Phi) is 6.30. The van der Waals surface area contributed by atoms with Crippen LogP contribution in [-0.2, 0) is 16.1 Å². The Bertz CT molecular complexity index is 778. The summed E-state index contributed by atoms with van der Waals surface area (Å²) < 4.78 is 18.8. The molecule has 2 aromatic carbocycles. The number of benzene rings is 2. The molecule has 0 radical (unpaired) electrons. The fraction of sp³-hybridized carbons (Fsp3) is 0.455. The Morgan fingerprint density at radius 2 is 1.89 bits per heavy atom. The third-order valence-corrected chi connectivity index (χ3v) is 5.12. The number of ether oxygens (including phenoxy) is 3. The van der Waals surface area contributed by atoms with Gasteiger partial charge in [-0.1, -0.05) is 29.8 Å². The molecule has 0 aliphatic carbocycles. The van der Waals surface area contributed by atoms with E-state index in [0.717, 1.165) is 29.1 Å². The molecule has 146 valence electrons. The average molecular weight is 390 g/mol. The van der Waals surface area contributed by atoms with Gasteiger partial charge in [0.05, 0.1) is 6.61 Å². The van der Waals surface area contributed by atoms with E-state index >= 15 is 0 Å². The van der Waals surface area contributed by atoms with Gasteiger partial charge in [0.25, 0.3) is 0 Å². The van der Waals surface area contributed by atoms with E-state index in [0.29, 0.717) is 18.2 Å². The van der Waals surface area contributed by atoms with Crippen molar-refractivity contribution in [1.82, 2.24) is 0 Å². The Morgan fingerprint density at radius 1 is 1.11 bits per heavy atom. The summed E-state index contributed by atoms with van der Waals surface area (Å²) in [6.07, 6.45) is -0.479. The van der Waals surface area contributed by atoms with Crippen LogP contribution in [0.4, 0.5) is 5.69 Å². The topological polar surface area (TPSA) is 39.7 Å². The van der Waals surface area contributed by atoms with Gasteiger partial charge < -0.3 is 19.5 Å². The Balaban J connectivity index is 1.91. The van der Waals surface area contributed by atoms with Crippen molar-refractivity contribution in [3.63, 3.8) is 0 Å². The van der Waals surface area contributed by atoms with E-state index in [1.165, 1.54) is 0 Å². The molecule has 1 heterocycles. The van der Waals surface area contributed by atoms with Gasteiger partial charge in [-0.15, -0.1) is 0 Å². The highest BCUT2D eigenvalue weighted by Gasteiger charge is 2.45. The van der Waals surface area contributed by atoms with Crippen LogP contribution in [0.15, 0.2) is 42.5 Å². The normalized spacial score (nSPS) is 20.6. The third kappa shape index (κ3) is 4.40. The summed E-state index contributed by atoms with van der Waals surface area (Å²) in [5, 5.41) is 4.06. The second-order valence-corrected chi connectivity index (χ2v) is 7.59. The van der Waals surface area contributed by atoms with Crippen LogP contribution in [0.1, 0.15) is 44.9 Å². The van der Waals surface area contributed by atoms with Crippen LogP contribution in [0.5, 0.6) is 5.75 Å². The lowest BCUT2D eigenvalue weighted by molar-refractivity contribution is -0.165. The van der Waals surface area contributed by atoms with Crippen LogP contribution in [0.2, 0.25) is 5.02 Å². The van der Waals surface area contributed by atoms with Crippen molar-refractivity contribution in [3.05, 3.63) is 58.6 Å². The fourth-order valence-electron chi connectivity index (χ4n) is 3.49. The van der Waals surface area contributed by atoms with E-state index in [4.69, 9.17) is 25.8 Å². The molecule has 0 spiro atoms. The fourth-order valence-corrected chi connectivity index (χ4v) is 3.68. The summed E-state index contributed by atoms with van der Waals surface area (Å²) in [5.74, 6) is 0.845. The molecule has 3 rings (SSSR count). The number of nitrogens with one attached hydrogen (secondary N) is 1. The van der Waals surface area contributed by atoms with E-state index in [9.17, 15) is 0 Å². The van der Waals surface area contributed by atoms with Crippen molar-refractivity contribution in [3.8, 4) is 5.75 Å². The van der Waals surface area contributed by atoms with Gasteiger partial charge in [-0.2, -0.15) is 0 Å². The minimum Gasteiger partial charge on any atom is -0.485 e. The lowest BCUT2D eigenvalue weighted by atomic mass is 9.87. The predicted molar refractivity (Wildman–Crippen MR) is 110 cm³/mol. The number of rotatable bonds is 7. The zero-order valence-electron chi connectivity index (χ0n) is 16.4. The van der Waals surface area contributed by atoms with Gasteiger partial charge >= 0.3 is 0 Å². The zero-order valence-corrected chi connectivity index (χ0v) is 17.2. The highest BCUT2D eigenvalue weighted by atomic mass is 35.5. The number of anilines is 1. The van der Waals surface area contributed by atoms with Gasteiger partial charge in [0, 0.05) is 29.4 Å². The number of hydrogen-bond donors (Lipinski definition) is 1. The van der Waals surface area contributed by atoms with E-state index in [-0.39, 0.29) is 12.2 Å². The molecule has 1 aliphatic heterocycles. The minimum atomic E-state index is -0.534. The number of halogens is 1. The molecule has 4 nitrogen and oxygen atoms in total. The molecule has 0 saturated heterocycles. The van der Waals surface area contributed by atoms with Crippen molar-refractivity contribution >= 4 is 17.3 Å². The van der Waals surface area contributed by atoms with Crippen LogP contribution in [0.25, 0.3) is 0 Å². The second kappa shape index (κ2) is 8.51. The van der Waals surface area contributed by atoms with Gasteiger partial charge in [-0.3, -0.25) is 0 Å². The summed E-state index contributed by atoms with van der Waals surface area (Å²) in [5.41, 5.74) is 2.48. The molecule has 1 N–H and O–H groups in total. The first kappa shape index (κ1) is 20.0. The van der Waals surface area contributed by atoms with E-state index in [1.54, 1.807) is 0 Å². The molecule has 2 aromatic rings. The molecule has 0 saturated carbocycles. The molecule has 1 aliphatic rings. The molecule has 0 aromatic heterocycles. The maximum atomic E-state index is 6.33. The standard InChI is InChI=1S/C22H28ClNO3/c1-5-24-16-11-12-19-17(13-16)20(25-6-2)21(22(3,4)27-19)26-14-15-9-7-8-10-18(15)23/h7-13,20-21,24H,5-6,14H2,1-4H3. The maximum absolute atomic E-state index is 6.33. The lowest BCUT2D eigenvalue weighted by Crippen LogP contribution is -2.51. The summed E-state index contributed by atoms with van der Waals surface area (Å²) in [6, 6.07) is 13.9. The van der Waals surface area contributed by atoms with Gasteiger partial charge in [0.1, 0.15) is 23.6 Å². The molecule has 0 bridgehead atoms. The first-order chi connectivity index (χ1) is 13.0. The van der Waals surface area contributed by atoms with Crippen molar-refractivity contribution in [2.75, 3.05) is 18.5 Å². The van der Waals surface area contributed by atoms with E-state index in [1.807, 2.05) is 57.2 Å². The van der Waals surface area contributed by atoms with Crippen molar-refractivity contribution in [2.45, 2.75) is 52.1 Å². The summed E-state index contributed by atoms with van der Waals surface area (Å²) >= 11 is 6.30. The van der Waals surface area contributed by atoms with E-state index < -0.39 is 5.60 Å². The van der Waals surface area contributed by atoms with Crippen molar-refractivity contribution in [2.24, 2.45) is 0 Å².